The number of phenols is 1. The number of rotatable bonds is 4. The Hall–Kier alpha value is -1.94. The molecule has 2 nitrogen and oxygen atoms in total. The van der Waals surface area contributed by atoms with E-state index in [9.17, 15) is 13.9 Å². The molecule has 0 amide bonds. The minimum atomic E-state index is -0.467. The van der Waals surface area contributed by atoms with Gasteiger partial charge in [-0.25, -0.2) is 8.78 Å². The monoisotopic (exact) mass is 277 g/mol. The van der Waals surface area contributed by atoms with Gasteiger partial charge in [-0.2, -0.15) is 0 Å². The van der Waals surface area contributed by atoms with Crippen LogP contribution in [0.1, 0.15) is 37.1 Å². The maximum absolute atomic E-state index is 13.7. The summed E-state index contributed by atoms with van der Waals surface area (Å²) in [6, 6.07) is 9.79. The lowest BCUT2D eigenvalue weighted by atomic mass is 10.0. The molecule has 2 unspecified atom stereocenters. The van der Waals surface area contributed by atoms with Crippen molar-refractivity contribution in [2.45, 2.75) is 25.9 Å². The Morgan fingerprint density at radius 2 is 1.60 bits per heavy atom. The Morgan fingerprint density at radius 1 is 0.950 bits per heavy atom. The van der Waals surface area contributed by atoms with E-state index in [4.69, 9.17) is 0 Å². The summed E-state index contributed by atoms with van der Waals surface area (Å²) in [7, 11) is 0. The zero-order valence-corrected chi connectivity index (χ0v) is 11.4. The Labute approximate surface area is 117 Å². The van der Waals surface area contributed by atoms with Crippen molar-refractivity contribution in [2.24, 2.45) is 0 Å². The highest BCUT2D eigenvalue weighted by atomic mass is 19.1. The molecule has 4 heteroatoms. The Kier molecular flexibility index (Phi) is 4.35. The summed E-state index contributed by atoms with van der Waals surface area (Å²) in [6.45, 7) is 3.62. The van der Waals surface area contributed by atoms with E-state index in [2.05, 4.69) is 5.32 Å². The summed E-state index contributed by atoms with van der Waals surface area (Å²) in [5.74, 6) is -0.736. The quantitative estimate of drug-likeness (QED) is 0.882. The van der Waals surface area contributed by atoms with Crippen molar-refractivity contribution in [2.75, 3.05) is 0 Å². The fourth-order valence-corrected chi connectivity index (χ4v) is 2.25. The second-order valence-electron chi connectivity index (χ2n) is 4.83. The molecular formula is C16H17F2NO. The average Bonchev–Trinajstić information content (AvgIpc) is 2.41. The predicted octanol–water partition coefficient (Wildman–Crippen LogP) is 4.08. The number of halogens is 2. The van der Waals surface area contributed by atoms with E-state index in [-0.39, 0.29) is 23.4 Å². The number of nitrogens with one attached hydrogen (secondary N) is 1. The lowest BCUT2D eigenvalue weighted by Gasteiger charge is -2.21. The third-order valence-corrected chi connectivity index (χ3v) is 3.33. The van der Waals surface area contributed by atoms with Crippen LogP contribution in [0, 0.1) is 11.6 Å². The summed E-state index contributed by atoms with van der Waals surface area (Å²) in [4.78, 5) is 0. The van der Waals surface area contributed by atoms with Gasteiger partial charge in [-0.1, -0.05) is 18.2 Å². The SMILES string of the molecule is CC(NC(C)c1cc(F)ccc1F)c1ccccc1O. The first-order valence-electron chi connectivity index (χ1n) is 6.48. The zero-order valence-electron chi connectivity index (χ0n) is 11.4. The van der Waals surface area contributed by atoms with Crippen molar-refractivity contribution in [1.82, 2.24) is 5.32 Å². The fraction of sp³-hybridized carbons (Fsp3) is 0.250. The molecule has 0 aliphatic rings. The van der Waals surface area contributed by atoms with Crippen molar-refractivity contribution in [3.63, 3.8) is 0 Å². The van der Waals surface area contributed by atoms with Gasteiger partial charge in [0.15, 0.2) is 0 Å². The van der Waals surface area contributed by atoms with Crippen LogP contribution in [0.4, 0.5) is 8.78 Å². The standard InChI is InChI=1S/C16H17F2NO/c1-10(13-5-3-4-6-16(13)20)19-11(2)14-9-12(17)7-8-15(14)18/h3-11,19-20H,1-2H3. The van der Waals surface area contributed by atoms with Gasteiger partial charge in [0.25, 0.3) is 0 Å². The maximum atomic E-state index is 13.7. The summed E-state index contributed by atoms with van der Waals surface area (Å²) >= 11 is 0. The molecule has 0 fully saturated rings. The molecule has 0 spiro atoms. The van der Waals surface area contributed by atoms with Crippen LogP contribution in [-0.2, 0) is 0 Å². The van der Waals surface area contributed by atoms with Gasteiger partial charge >= 0.3 is 0 Å². The lowest BCUT2D eigenvalue weighted by Crippen LogP contribution is -2.23. The summed E-state index contributed by atoms with van der Waals surface area (Å²) in [5, 5.41) is 12.9. The summed E-state index contributed by atoms with van der Waals surface area (Å²) in [5.41, 5.74) is 0.989. The Morgan fingerprint density at radius 3 is 2.30 bits per heavy atom. The molecule has 2 atom stereocenters. The zero-order chi connectivity index (χ0) is 14.7. The molecule has 0 heterocycles. The molecule has 0 aromatic heterocycles. The largest absolute Gasteiger partial charge is 0.508 e. The fourth-order valence-electron chi connectivity index (χ4n) is 2.25. The summed E-state index contributed by atoms with van der Waals surface area (Å²) in [6.07, 6.45) is 0. The molecule has 0 radical (unpaired) electrons. The molecule has 0 saturated carbocycles. The molecule has 0 aliphatic carbocycles. The number of benzene rings is 2. The van der Waals surface area contributed by atoms with Crippen molar-refractivity contribution < 1.29 is 13.9 Å². The third-order valence-electron chi connectivity index (χ3n) is 3.33. The molecule has 2 rings (SSSR count). The van der Waals surface area contributed by atoms with Gasteiger partial charge < -0.3 is 10.4 Å². The van der Waals surface area contributed by atoms with E-state index in [1.807, 2.05) is 13.0 Å². The van der Waals surface area contributed by atoms with E-state index < -0.39 is 11.6 Å². The predicted molar refractivity (Wildman–Crippen MR) is 74.4 cm³/mol. The second-order valence-corrected chi connectivity index (χ2v) is 4.83. The highest BCUT2D eigenvalue weighted by molar-refractivity contribution is 5.34. The van der Waals surface area contributed by atoms with Crippen LogP contribution < -0.4 is 5.32 Å². The van der Waals surface area contributed by atoms with Crippen molar-refractivity contribution in [3.05, 3.63) is 65.2 Å². The number of hydrogen-bond donors (Lipinski definition) is 2. The molecule has 106 valence electrons. The van der Waals surface area contributed by atoms with Gasteiger partial charge in [-0.3, -0.25) is 0 Å². The number of para-hydroxylation sites is 1. The molecule has 0 bridgehead atoms. The molecule has 0 saturated heterocycles. The molecule has 2 aromatic rings. The second kappa shape index (κ2) is 6.01. The van der Waals surface area contributed by atoms with Crippen LogP contribution in [0.5, 0.6) is 5.75 Å². The van der Waals surface area contributed by atoms with E-state index in [0.717, 1.165) is 17.7 Å². The first-order valence-corrected chi connectivity index (χ1v) is 6.48. The van der Waals surface area contributed by atoms with E-state index >= 15 is 0 Å². The normalized spacial score (nSPS) is 14.0. The number of phenolic OH excluding ortho intramolecular Hbond substituents is 1. The number of aromatic hydroxyl groups is 1. The molecular weight excluding hydrogens is 260 g/mol. The Balaban J connectivity index is 2.17. The van der Waals surface area contributed by atoms with Crippen LogP contribution in [0.3, 0.4) is 0 Å². The van der Waals surface area contributed by atoms with Crippen LogP contribution in [0.25, 0.3) is 0 Å². The van der Waals surface area contributed by atoms with Crippen molar-refractivity contribution >= 4 is 0 Å². The van der Waals surface area contributed by atoms with Crippen LogP contribution in [-0.4, -0.2) is 5.11 Å². The van der Waals surface area contributed by atoms with Gasteiger partial charge in [0.05, 0.1) is 0 Å². The average molecular weight is 277 g/mol. The lowest BCUT2D eigenvalue weighted by molar-refractivity contribution is 0.432. The first-order chi connectivity index (χ1) is 9.49. The van der Waals surface area contributed by atoms with Gasteiger partial charge in [-0.15, -0.1) is 0 Å². The summed E-state index contributed by atoms with van der Waals surface area (Å²) < 4.78 is 26.9. The van der Waals surface area contributed by atoms with Crippen molar-refractivity contribution in [1.29, 1.82) is 0 Å². The Bertz CT molecular complexity index is 601. The van der Waals surface area contributed by atoms with Gasteiger partial charge in [0, 0.05) is 23.2 Å². The highest BCUT2D eigenvalue weighted by Crippen LogP contribution is 2.26. The molecule has 20 heavy (non-hydrogen) atoms. The van der Waals surface area contributed by atoms with Crippen molar-refractivity contribution in [3.8, 4) is 5.75 Å². The molecule has 0 aliphatic heterocycles. The van der Waals surface area contributed by atoms with Gasteiger partial charge in [-0.05, 0) is 38.1 Å². The van der Waals surface area contributed by atoms with Crippen LogP contribution >= 0.6 is 0 Å². The molecule has 2 aromatic carbocycles. The third kappa shape index (κ3) is 3.14. The van der Waals surface area contributed by atoms with Gasteiger partial charge in [0.1, 0.15) is 17.4 Å². The minimum absolute atomic E-state index is 0.180. The highest BCUT2D eigenvalue weighted by Gasteiger charge is 2.16. The van der Waals surface area contributed by atoms with E-state index in [1.165, 1.54) is 6.07 Å². The van der Waals surface area contributed by atoms with Crippen LogP contribution in [0.2, 0.25) is 0 Å². The number of hydrogen-bond acceptors (Lipinski definition) is 2. The van der Waals surface area contributed by atoms with Gasteiger partial charge in [0.2, 0.25) is 0 Å². The van der Waals surface area contributed by atoms with E-state index in [1.54, 1.807) is 25.1 Å². The maximum Gasteiger partial charge on any atom is 0.128 e. The van der Waals surface area contributed by atoms with Crippen LogP contribution in [0.15, 0.2) is 42.5 Å². The molecule has 2 N–H and O–H groups in total. The minimum Gasteiger partial charge on any atom is -0.508 e. The van der Waals surface area contributed by atoms with E-state index in [0.29, 0.717) is 0 Å². The topological polar surface area (TPSA) is 32.3 Å². The smallest absolute Gasteiger partial charge is 0.128 e. The first kappa shape index (κ1) is 14.5.